The summed E-state index contributed by atoms with van der Waals surface area (Å²) in [7, 11) is 0. The maximum Gasteiger partial charge on any atom is 0.326 e. The summed E-state index contributed by atoms with van der Waals surface area (Å²) in [5, 5.41) is 17.2. The van der Waals surface area contributed by atoms with Crippen LogP contribution in [0.1, 0.15) is 51.0 Å². The summed E-state index contributed by atoms with van der Waals surface area (Å²) in [6.07, 6.45) is 1.97. The van der Waals surface area contributed by atoms with E-state index in [1.807, 2.05) is 22.9 Å². The lowest BCUT2D eigenvalue weighted by atomic mass is 9.86. The summed E-state index contributed by atoms with van der Waals surface area (Å²) in [6, 6.07) is 4.66. The largest absolute Gasteiger partial charge is 0.480 e. The first-order valence-corrected chi connectivity index (χ1v) is 9.14. The summed E-state index contributed by atoms with van der Waals surface area (Å²) in [6.45, 7) is 8.14. The lowest BCUT2D eigenvalue weighted by molar-refractivity contribution is -0.142. The van der Waals surface area contributed by atoms with Gasteiger partial charge in [0, 0.05) is 16.4 Å². The zero-order valence-corrected chi connectivity index (χ0v) is 16.6. The predicted molar refractivity (Wildman–Crippen MR) is 101 cm³/mol. The Kier molecular flexibility index (Phi) is 5.87. The Bertz CT molecular complexity index is 793. The molecule has 2 rings (SSSR count). The summed E-state index contributed by atoms with van der Waals surface area (Å²) in [5.41, 5.74) is 0.509. The Morgan fingerprint density at radius 3 is 2.60 bits per heavy atom. The van der Waals surface area contributed by atoms with Gasteiger partial charge in [-0.3, -0.25) is 9.48 Å². The fourth-order valence-corrected chi connectivity index (χ4v) is 3.01. The predicted octanol–water partition coefficient (Wildman–Crippen LogP) is 3.83. The molecule has 0 aliphatic carbocycles. The molecule has 136 valence electrons. The van der Waals surface area contributed by atoms with Crippen molar-refractivity contribution in [2.75, 3.05) is 0 Å². The van der Waals surface area contributed by atoms with Gasteiger partial charge in [-0.15, -0.1) is 0 Å². The van der Waals surface area contributed by atoms with Gasteiger partial charge in [0.25, 0.3) is 5.91 Å². The number of nitrogens with zero attached hydrogens (tertiary/aromatic N) is 2. The van der Waals surface area contributed by atoms with E-state index in [0.717, 1.165) is 22.8 Å². The highest BCUT2D eigenvalue weighted by Gasteiger charge is 2.33. The number of hydrogen-bond acceptors (Lipinski definition) is 3. The number of unbranched alkanes of at least 4 members (excludes halogenated alkanes) is 1. The van der Waals surface area contributed by atoms with Gasteiger partial charge in [-0.1, -0.05) is 50.0 Å². The van der Waals surface area contributed by atoms with Gasteiger partial charge in [0.05, 0.1) is 5.52 Å². The van der Waals surface area contributed by atoms with Crippen LogP contribution in [0.4, 0.5) is 0 Å². The lowest BCUT2D eigenvalue weighted by Gasteiger charge is -2.27. The second kappa shape index (κ2) is 7.56. The normalized spacial score (nSPS) is 13.0. The van der Waals surface area contributed by atoms with E-state index in [0.29, 0.717) is 11.9 Å². The maximum atomic E-state index is 12.8. The Morgan fingerprint density at radius 2 is 2.04 bits per heavy atom. The number of carboxylic acid groups (broad SMARTS) is 1. The van der Waals surface area contributed by atoms with Crippen molar-refractivity contribution in [1.82, 2.24) is 15.1 Å². The molecule has 2 aromatic rings. The molecule has 25 heavy (non-hydrogen) atoms. The van der Waals surface area contributed by atoms with Crippen molar-refractivity contribution in [3.05, 3.63) is 28.4 Å². The number of nitrogens with one attached hydrogen (secondary N) is 1. The number of halogens is 1. The highest BCUT2D eigenvalue weighted by molar-refractivity contribution is 9.10. The van der Waals surface area contributed by atoms with E-state index in [1.165, 1.54) is 0 Å². The van der Waals surface area contributed by atoms with Crippen molar-refractivity contribution < 1.29 is 14.7 Å². The van der Waals surface area contributed by atoms with Crippen LogP contribution in [-0.4, -0.2) is 32.8 Å². The van der Waals surface area contributed by atoms with Crippen molar-refractivity contribution in [1.29, 1.82) is 0 Å². The van der Waals surface area contributed by atoms with Crippen LogP contribution < -0.4 is 5.32 Å². The first-order valence-electron chi connectivity index (χ1n) is 8.35. The molecule has 0 bridgehead atoms. The number of carbonyl (C=O) groups is 2. The average Bonchev–Trinajstić information content (AvgIpc) is 2.86. The van der Waals surface area contributed by atoms with Crippen LogP contribution >= 0.6 is 15.9 Å². The third kappa shape index (κ3) is 4.39. The molecule has 1 unspecified atom stereocenters. The number of fused-ring (bicyclic) bond motifs is 1. The molecule has 2 N–H and O–H groups in total. The molecule has 0 aliphatic rings. The van der Waals surface area contributed by atoms with Crippen LogP contribution in [0.3, 0.4) is 0 Å². The van der Waals surface area contributed by atoms with Crippen molar-refractivity contribution >= 4 is 38.7 Å². The fraction of sp³-hybridized carbons (Fsp3) is 0.500. The van der Waals surface area contributed by atoms with Crippen LogP contribution in [0, 0.1) is 5.41 Å². The number of carbonyl (C=O) groups excluding carboxylic acids is 1. The number of aryl methyl sites for hydroxylation is 1. The third-order valence-corrected chi connectivity index (χ3v) is 4.53. The van der Waals surface area contributed by atoms with E-state index >= 15 is 0 Å². The molecule has 7 heteroatoms. The highest BCUT2D eigenvalue weighted by Crippen LogP contribution is 2.25. The smallest absolute Gasteiger partial charge is 0.326 e. The minimum atomic E-state index is -1.06. The zero-order chi connectivity index (χ0) is 18.8. The number of rotatable bonds is 6. The molecule has 0 fully saturated rings. The van der Waals surface area contributed by atoms with Gasteiger partial charge in [0.1, 0.15) is 6.04 Å². The van der Waals surface area contributed by atoms with Crippen LogP contribution in [0.2, 0.25) is 0 Å². The van der Waals surface area contributed by atoms with Crippen LogP contribution in [0.5, 0.6) is 0 Å². The SMILES string of the molecule is CCCCn1nc(C(=O)NC(C(=O)O)C(C)(C)C)c2cc(Br)ccc21. The van der Waals surface area contributed by atoms with Crippen molar-refractivity contribution in [3.63, 3.8) is 0 Å². The first kappa shape index (κ1) is 19.4. The topological polar surface area (TPSA) is 84.2 Å². The van der Waals surface area contributed by atoms with E-state index in [9.17, 15) is 14.7 Å². The summed E-state index contributed by atoms with van der Waals surface area (Å²) < 4.78 is 2.65. The van der Waals surface area contributed by atoms with Crippen molar-refractivity contribution in [2.24, 2.45) is 5.41 Å². The molecular formula is C18H24BrN3O3. The van der Waals surface area contributed by atoms with Gasteiger partial charge >= 0.3 is 5.97 Å². The van der Waals surface area contributed by atoms with Gasteiger partial charge in [-0.2, -0.15) is 5.10 Å². The standard InChI is InChI=1S/C18H24BrN3O3/c1-5-6-9-22-13-8-7-11(19)10-12(13)14(21-22)16(23)20-15(17(24)25)18(2,3)4/h7-8,10,15H,5-6,9H2,1-4H3,(H,20,23)(H,24,25). The van der Waals surface area contributed by atoms with E-state index in [1.54, 1.807) is 20.8 Å². The van der Waals surface area contributed by atoms with E-state index in [4.69, 9.17) is 0 Å². The van der Waals surface area contributed by atoms with Crippen molar-refractivity contribution in [3.8, 4) is 0 Å². The minimum absolute atomic E-state index is 0.253. The molecule has 1 aromatic carbocycles. The lowest BCUT2D eigenvalue weighted by Crippen LogP contribution is -2.49. The molecule has 1 aromatic heterocycles. The van der Waals surface area contributed by atoms with Crippen LogP contribution in [0.25, 0.3) is 10.9 Å². The molecular weight excluding hydrogens is 386 g/mol. The Hall–Kier alpha value is -1.89. The molecule has 1 atom stereocenters. The maximum absolute atomic E-state index is 12.8. The molecule has 0 spiro atoms. The molecule has 1 heterocycles. The number of carboxylic acids is 1. The monoisotopic (exact) mass is 409 g/mol. The second-order valence-electron chi connectivity index (χ2n) is 7.20. The average molecular weight is 410 g/mol. The zero-order valence-electron chi connectivity index (χ0n) is 15.0. The molecule has 6 nitrogen and oxygen atoms in total. The van der Waals surface area contributed by atoms with Gasteiger partial charge < -0.3 is 10.4 Å². The quantitative estimate of drug-likeness (QED) is 0.758. The second-order valence-corrected chi connectivity index (χ2v) is 8.11. The summed E-state index contributed by atoms with van der Waals surface area (Å²) in [4.78, 5) is 24.3. The van der Waals surface area contributed by atoms with Crippen LogP contribution in [0.15, 0.2) is 22.7 Å². The number of aliphatic carboxylic acids is 1. The number of benzene rings is 1. The van der Waals surface area contributed by atoms with Gasteiger partial charge in [-0.05, 0) is 30.0 Å². The number of aromatic nitrogens is 2. The Morgan fingerprint density at radius 1 is 1.36 bits per heavy atom. The first-order chi connectivity index (χ1) is 11.6. The van der Waals surface area contributed by atoms with E-state index in [2.05, 4.69) is 33.3 Å². The Balaban J connectivity index is 2.43. The van der Waals surface area contributed by atoms with E-state index in [-0.39, 0.29) is 5.69 Å². The minimum Gasteiger partial charge on any atom is -0.480 e. The van der Waals surface area contributed by atoms with Crippen LogP contribution in [-0.2, 0) is 11.3 Å². The molecule has 0 saturated heterocycles. The molecule has 0 aliphatic heterocycles. The fourth-order valence-electron chi connectivity index (χ4n) is 2.65. The summed E-state index contributed by atoms with van der Waals surface area (Å²) in [5.74, 6) is -1.53. The number of amides is 1. The van der Waals surface area contributed by atoms with Crippen molar-refractivity contribution in [2.45, 2.75) is 53.1 Å². The van der Waals surface area contributed by atoms with E-state index < -0.39 is 23.3 Å². The van der Waals surface area contributed by atoms with Gasteiger partial charge in [0.2, 0.25) is 0 Å². The molecule has 0 radical (unpaired) electrons. The van der Waals surface area contributed by atoms with Gasteiger partial charge in [0.15, 0.2) is 5.69 Å². The molecule has 0 saturated carbocycles. The Labute approximate surface area is 155 Å². The number of hydrogen-bond donors (Lipinski definition) is 2. The third-order valence-electron chi connectivity index (χ3n) is 4.04. The van der Waals surface area contributed by atoms with Gasteiger partial charge in [-0.25, -0.2) is 4.79 Å². The summed E-state index contributed by atoms with van der Waals surface area (Å²) >= 11 is 3.42. The molecule has 1 amide bonds. The highest BCUT2D eigenvalue weighted by atomic mass is 79.9.